The molecule has 4 heteroatoms. The fourth-order valence-electron chi connectivity index (χ4n) is 1.54. The summed E-state index contributed by atoms with van der Waals surface area (Å²) in [4.78, 5) is 11.4. The number of ether oxygens (including phenoxy) is 1. The molecule has 0 spiro atoms. The highest BCUT2D eigenvalue weighted by Crippen LogP contribution is 2.10. The van der Waals surface area contributed by atoms with Crippen LogP contribution in [0.2, 0.25) is 0 Å². The van der Waals surface area contributed by atoms with E-state index in [0.29, 0.717) is 6.04 Å². The highest BCUT2D eigenvalue weighted by molar-refractivity contribution is 5.68. The lowest BCUT2D eigenvalue weighted by Gasteiger charge is -2.30. The number of carbonyl (C=O) groups excluding carboxylic acids is 1. The minimum Gasteiger partial charge on any atom is -0.444 e. The third kappa shape index (κ3) is 5.02. The van der Waals surface area contributed by atoms with Gasteiger partial charge in [-0.1, -0.05) is 0 Å². The molecule has 0 aromatic carbocycles. The molecule has 1 amide bonds. The lowest BCUT2D eigenvalue weighted by atomic mass is 10.00. The average Bonchev–Trinajstić information content (AvgIpc) is 1.92. The third-order valence-electron chi connectivity index (χ3n) is 2.33. The standard InChI is InChI=1S/C11H22N2O2/c1-8(7-9-5-6-12-9)13-10(14)15-11(2,3)4/h8-9,12H,5-7H2,1-4H3,(H,13,14). The minimum atomic E-state index is -0.418. The molecule has 0 bridgehead atoms. The van der Waals surface area contributed by atoms with E-state index in [4.69, 9.17) is 4.74 Å². The largest absolute Gasteiger partial charge is 0.444 e. The second-order valence-electron chi connectivity index (χ2n) is 5.22. The van der Waals surface area contributed by atoms with Gasteiger partial charge in [-0.2, -0.15) is 0 Å². The van der Waals surface area contributed by atoms with Gasteiger partial charge in [-0.15, -0.1) is 0 Å². The Morgan fingerprint density at radius 2 is 2.20 bits per heavy atom. The van der Waals surface area contributed by atoms with Gasteiger partial charge in [-0.05, 0) is 47.1 Å². The summed E-state index contributed by atoms with van der Waals surface area (Å²) >= 11 is 0. The Morgan fingerprint density at radius 1 is 1.60 bits per heavy atom. The molecular weight excluding hydrogens is 192 g/mol. The van der Waals surface area contributed by atoms with Crippen LogP contribution >= 0.6 is 0 Å². The summed E-state index contributed by atoms with van der Waals surface area (Å²) in [6.45, 7) is 8.70. The van der Waals surface area contributed by atoms with Gasteiger partial charge in [0.2, 0.25) is 0 Å². The van der Waals surface area contributed by atoms with Gasteiger partial charge in [-0.25, -0.2) is 4.79 Å². The summed E-state index contributed by atoms with van der Waals surface area (Å²) in [5.41, 5.74) is -0.418. The first-order chi connectivity index (χ1) is 6.87. The molecule has 88 valence electrons. The van der Waals surface area contributed by atoms with E-state index in [1.165, 1.54) is 6.42 Å². The fourth-order valence-corrected chi connectivity index (χ4v) is 1.54. The Hall–Kier alpha value is -0.770. The van der Waals surface area contributed by atoms with E-state index in [1.54, 1.807) is 0 Å². The molecule has 2 atom stereocenters. The summed E-state index contributed by atoms with van der Waals surface area (Å²) in [5.74, 6) is 0. The van der Waals surface area contributed by atoms with Crippen molar-refractivity contribution in [1.82, 2.24) is 10.6 Å². The van der Waals surface area contributed by atoms with Crippen LogP contribution in [0, 0.1) is 0 Å². The zero-order valence-electron chi connectivity index (χ0n) is 10.1. The van der Waals surface area contributed by atoms with Crippen LogP contribution in [0.1, 0.15) is 40.5 Å². The number of hydrogen-bond acceptors (Lipinski definition) is 3. The smallest absolute Gasteiger partial charge is 0.407 e. The maximum Gasteiger partial charge on any atom is 0.407 e. The minimum absolute atomic E-state index is 0.164. The van der Waals surface area contributed by atoms with Crippen molar-refractivity contribution in [2.24, 2.45) is 0 Å². The predicted octanol–water partition coefficient (Wildman–Crippen LogP) is 1.65. The first-order valence-corrected chi connectivity index (χ1v) is 5.60. The maximum atomic E-state index is 11.4. The number of hydrogen-bond donors (Lipinski definition) is 2. The Kier molecular flexibility index (Phi) is 3.97. The van der Waals surface area contributed by atoms with E-state index in [2.05, 4.69) is 10.6 Å². The van der Waals surface area contributed by atoms with Gasteiger partial charge >= 0.3 is 6.09 Å². The quantitative estimate of drug-likeness (QED) is 0.751. The molecule has 0 aromatic rings. The zero-order valence-corrected chi connectivity index (χ0v) is 10.1. The van der Waals surface area contributed by atoms with Crippen molar-refractivity contribution in [3.8, 4) is 0 Å². The van der Waals surface area contributed by atoms with Crippen molar-refractivity contribution in [2.45, 2.75) is 58.2 Å². The number of amides is 1. The molecule has 1 heterocycles. The van der Waals surface area contributed by atoms with Crippen LogP contribution in [0.3, 0.4) is 0 Å². The third-order valence-corrected chi connectivity index (χ3v) is 2.33. The number of nitrogens with one attached hydrogen (secondary N) is 2. The Bertz CT molecular complexity index is 219. The van der Waals surface area contributed by atoms with Crippen molar-refractivity contribution in [1.29, 1.82) is 0 Å². The van der Waals surface area contributed by atoms with Crippen LogP contribution < -0.4 is 10.6 Å². The monoisotopic (exact) mass is 214 g/mol. The summed E-state index contributed by atoms with van der Waals surface area (Å²) in [6.07, 6.45) is 1.86. The second kappa shape index (κ2) is 4.84. The number of carbonyl (C=O) groups is 1. The van der Waals surface area contributed by atoms with Crippen molar-refractivity contribution in [3.05, 3.63) is 0 Å². The van der Waals surface area contributed by atoms with E-state index < -0.39 is 5.60 Å². The molecule has 0 radical (unpaired) electrons. The maximum absolute atomic E-state index is 11.4. The lowest BCUT2D eigenvalue weighted by Crippen LogP contribution is -2.48. The topological polar surface area (TPSA) is 50.4 Å². The summed E-state index contributed by atoms with van der Waals surface area (Å²) in [7, 11) is 0. The summed E-state index contributed by atoms with van der Waals surface area (Å²) in [6, 6.07) is 0.729. The van der Waals surface area contributed by atoms with E-state index in [-0.39, 0.29) is 12.1 Å². The molecule has 2 unspecified atom stereocenters. The van der Waals surface area contributed by atoms with Crippen LogP contribution in [0.15, 0.2) is 0 Å². The van der Waals surface area contributed by atoms with Crippen molar-refractivity contribution < 1.29 is 9.53 Å². The van der Waals surface area contributed by atoms with Gasteiger partial charge in [0.1, 0.15) is 5.60 Å². The van der Waals surface area contributed by atoms with Crippen LogP contribution in [0.4, 0.5) is 4.79 Å². The normalized spacial score (nSPS) is 22.8. The number of alkyl carbamates (subject to hydrolysis) is 1. The van der Waals surface area contributed by atoms with E-state index >= 15 is 0 Å². The number of rotatable bonds is 3. The molecule has 1 rings (SSSR count). The van der Waals surface area contributed by atoms with Gasteiger partial charge in [0.15, 0.2) is 0 Å². The Morgan fingerprint density at radius 3 is 2.60 bits per heavy atom. The molecule has 0 aliphatic carbocycles. The van der Waals surface area contributed by atoms with Crippen LogP contribution in [0.5, 0.6) is 0 Å². The highest BCUT2D eigenvalue weighted by atomic mass is 16.6. The fraction of sp³-hybridized carbons (Fsp3) is 0.909. The van der Waals surface area contributed by atoms with Gasteiger partial charge in [0.25, 0.3) is 0 Å². The molecule has 4 nitrogen and oxygen atoms in total. The van der Waals surface area contributed by atoms with Crippen LogP contribution in [-0.4, -0.2) is 30.3 Å². The molecule has 2 N–H and O–H groups in total. The molecule has 1 fully saturated rings. The van der Waals surface area contributed by atoms with E-state index in [0.717, 1.165) is 13.0 Å². The molecule has 0 aromatic heterocycles. The van der Waals surface area contributed by atoms with Crippen molar-refractivity contribution >= 4 is 6.09 Å². The summed E-state index contributed by atoms with van der Waals surface area (Å²) < 4.78 is 5.17. The average molecular weight is 214 g/mol. The van der Waals surface area contributed by atoms with Crippen LogP contribution in [-0.2, 0) is 4.74 Å². The summed E-state index contributed by atoms with van der Waals surface area (Å²) in [5, 5.41) is 6.14. The van der Waals surface area contributed by atoms with Crippen LogP contribution in [0.25, 0.3) is 0 Å². The molecule has 1 aliphatic rings. The van der Waals surface area contributed by atoms with Crippen molar-refractivity contribution in [3.63, 3.8) is 0 Å². The zero-order chi connectivity index (χ0) is 11.5. The molecule has 15 heavy (non-hydrogen) atoms. The van der Waals surface area contributed by atoms with Gasteiger partial charge in [-0.3, -0.25) is 0 Å². The predicted molar refractivity (Wildman–Crippen MR) is 59.9 cm³/mol. The molecule has 0 saturated carbocycles. The van der Waals surface area contributed by atoms with Crippen molar-refractivity contribution in [2.75, 3.05) is 6.54 Å². The SMILES string of the molecule is CC(CC1CCN1)NC(=O)OC(C)(C)C. The second-order valence-corrected chi connectivity index (χ2v) is 5.22. The molecule has 1 saturated heterocycles. The Labute approximate surface area is 91.8 Å². The first-order valence-electron chi connectivity index (χ1n) is 5.60. The van der Waals surface area contributed by atoms with E-state index in [1.807, 2.05) is 27.7 Å². The first kappa shape index (κ1) is 12.3. The van der Waals surface area contributed by atoms with E-state index in [9.17, 15) is 4.79 Å². The van der Waals surface area contributed by atoms with Gasteiger partial charge in [0, 0.05) is 12.1 Å². The lowest BCUT2D eigenvalue weighted by molar-refractivity contribution is 0.0501. The van der Waals surface area contributed by atoms with Gasteiger partial charge < -0.3 is 15.4 Å². The molecular formula is C11H22N2O2. The highest BCUT2D eigenvalue weighted by Gasteiger charge is 2.22. The van der Waals surface area contributed by atoms with Gasteiger partial charge in [0.05, 0.1) is 0 Å². The molecule has 1 aliphatic heterocycles. The Balaban J connectivity index is 2.18.